The molecular weight excluding hydrogens is 272 g/mol. The molecule has 0 aliphatic carbocycles. The molecule has 0 N–H and O–H groups in total. The predicted molar refractivity (Wildman–Crippen MR) is 63.4 cm³/mol. The van der Waals surface area contributed by atoms with Crippen LogP contribution in [0.4, 0.5) is 17.6 Å². The number of hydrogen-bond donors (Lipinski definition) is 0. The summed E-state index contributed by atoms with van der Waals surface area (Å²) in [4.78, 5) is 10.6. The summed E-state index contributed by atoms with van der Waals surface area (Å²) in [6.45, 7) is 2.06. The summed E-state index contributed by atoms with van der Waals surface area (Å²) in [5.41, 5.74) is -3.89. The number of halogens is 5. The van der Waals surface area contributed by atoms with Gasteiger partial charge in [0.25, 0.3) is 10.9 Å². The van der Waals surface area contributed by atoms with Crippen LogP contribution < -0.4 is 0 Å². The molecule has 1 unspecified atom stereocenters. The number of hydrogen-bond acceptors (Lipinski definition) is 1. The van der Waals surface area contributed by atoms with Crippen LogP contribution in [0.25, 0.3) is 0 Å². The van der Waals surface area contributed by atoms with E-state index in [1.54, 1.807) is 0 Å². The van der Waals surface area contributed by atoms with Gasteiger partial charge in [-0.25, -0.2) is 4.39 Å². The molecule has 18 heavy (non-hydrogen) atoms. The van der Waals surface area contributed by atoms with Crippen LogP contribution in [0.2, 0.25) is 0 Å². The fourth-order valence-corrected chi connectivity index (χ4v) is 1.88. The van der Waals surface area contributed by atoms with Crippen LogP contribution >= 0.6 is 11.6 Å². The Hall–Kier alpha value is -0.320. The summed E-state index contributed by atoms with van der Waals surface area (Å²) in [6, 6.07) is 0. The maximum atomic E-state index is 13.4. The summed E-state index contributed by atoms with van der Waals surface area (Å²) >= 11 is 4.72. The average molecular weight is 291 g/mol. The number of unbranched alkanes of at least 4 members (excludes halogenated alkanes) is 6. The largest absolute Gasteiger partial charge is 0.431 e. The molecule has 108 valence electrons. The van der Waals surface area contributed by atoms with Gasteiger partial charge >= 0.3 is 6.18 Å². The van der Waals surface area contributed by atoms with E-state index in [-0.39, 0.29) is 6.42 Å². The van der Waals surface area contributed by atoms with E-state index in [2.05, 4.69) is 6.92 Å². The fourth-order valence-electron chi connectivity index (χ4n) is 1.68. The third-order valence-electron chi connectivity index (χ3n) is 2.89. The van der Waals surface area contributed by atoms with Crippen molar-refractivity contribution in [3.05, 3.63) is 0 Å². The number of rotatable bonds is 9. The van der Waals surface area contributed by atoms with Gasteiger partial charge in [-0.3, -0.25) is 4.79 Å². The molecule has 0 aliphatic rings. The van der Waals surface area contributed by atoms with Crippen LogP contribution in [-0.4, -0.2) is 17.1 Å². The summed E-state index contributed by atoms with van der Waals surface area (Å²) in [5.74, 6) is 0. The molecule has 0 rings (SSSR count). The second-order valence-corrected chi connectivity index (χ2v) is 4.79. The van der Waals surface area contributed by atoms with Crippen molar-refractivity contribution >= 4 is 16.8 Å². The topological polar surface area (TPSA) is 17.1 Å². The van der Waals surface area contributed by atoms with Crippen LogP contribution in [0, 0.1) is 0 Å². The van der Waals surface area contributed by atoms with E-state index in [4.69, 9.17) is 11.6 Å². The molecule has 0 radical (unpaired) electrons. The van der Waals surface area contributed by atoms with Crippen molar-refractivity contribution in [3.63, 3.8) is 0 Å². The first-order valence-electron chi connectivity index (χ1n) is 6.21. The van der Waals surface area contributed by atoms with Crippen molar-refractivity contribution in [2.75, 3.05) is 0 Å². The minimum atomic E-state index is -5.23. The third kappa shape index (κ3) is 5.55. The smallest absolute Gasteiger partial charge is 0.277 e. The van der Waals surface area contributed by atoms with E-state index in [0.29, 0.717) is 6.42 Å². The maximum Gasteiger partial charge on any atom is 0.431 e. The van der Waals surface area contributed by atoms with Crippen LogP contribution in [0.5, 0.6) is 0 Å². The Bertz CT molecular complexity index is 255. The van der Waals surface area contributed by atoms with Gasteiger partial charge in [0, 0.05) is 0 Å². The highest BCUT2D eigenvalue weighted by Gasteiger charge is 2.60. The van der Waals surface area contributed by atoms with Gasteiger partial charge in [-0.1, -0.05) is 45.4 Å². The van der Waals surface area contributed by atoms with Gasteiger partial charge in [0.2, 0.25) is 0 Å². The predicted octanol–water partition coefficient (Wildman–Crippen LogP) is 5.16. The molecule has 0 aromatic heterocycles. The zero-order valence-electron chi connectivity index (χ0n) is 10.5. The Morgan fingerprint density at radius 2 is 1.39 bits per heavy atom. The molecule has 0 aliphatic heterocycles. The summed E-state index contributed by atoms with van der Waals surface area (Å²) in [5, 5.41) is -1.97. The second kappa shape index (κ2) is 7.97. The zero-order chi connectivity index (χ0) is 14.2. The molecule has 0 aromatic rings. The van der Waals surface area contributed by atoms with E-state index >= 15 is 0 Å². The average Bonchev–Trinajstić information content (AvgIpc) is 2.25. The Morgan fingerprint density at radius 1 is 0.944 bits per heavy atom. The summed E-state index contributed by atoms with van der Waals surface area (Å²) in [7, 11) is 0. The monoisotopic (exact) mass is 290 g/mol. The van der Waals surface area contributed by atoms with Gasteiger partial charge in [0.15, 0.2) is 0 Å². The van der Waals surface area contributed by atoms with Crippen molar-refractivity contribution in [1.29, 1.82) is 0 Å². The molecule has 0 aromatic carbocycles. The maximum absolute atomic E-state index is 13.4. The highest BCUT2D eigenvalue weighted by molar-refractivity contribution is 6.65. The van der Waals surface area contributed by atoms with Crippen LogP contribution in [0.3, 0.4) is 0 Å². The molecule has 1 nitrogen and oxygen atoms in total. The summed E-state index contributed by atoms with van der Waals surface area (Å²) < 4.78 is 50.5. The number of carbonyl (C=O) groups excluding carboxylic acids is 1. The molecule has 0 spiro atoms. The minimum Gasteiger partial charge on any atom is -0.277 e. The molecule has 0 heterocycles. The lowest BCUT2D eigenvalue weighted by atomic mass is 9.98. The third-order valence-corrected chi connectivity index (χ3v) is 3.19. The van der Waals surface area contributed by atoms with Gasteiger partial charge in [-0.05, 0) is 24.4 Å². The second-order valence-electron chi connectivity index (χ2n) is 4.44. The van der Waals surface area contributed by atoms with Gasteiger partial charge < -0.3 is 0 Å². The Morgan fingerprint density at radius 3 is 1.78 bits per heavy atom. The Balaban J connectivity index is 3.97. The quantitative estimate of drug-likeness (QED) is 0.325. The van der Waals surface area contributed by atoms with Gasteiger partial charge in [0.1, 0.15) is 0 Å². The zero-order valence-corrected chi connectivity index (χ0v) is 11.2. The first-order chi connectivity index (χ1) is 8.25. The van der Waals surface area contributed by atoms with Crippen LogP contribution in [0.1, 0.15) is 58.3 Å². The van der Waals surface area contributed by atoms with Crippen LogP contribution in [0.15, 0.2) is 0 Å². The Kier molecular flexibility index (Phi) is 7.83. The lowest BCUT2D eigenvalue weighted by molar-refractivity contribution is -0.223. The first kappa shape index (κ1) is 17.7. The van der Waals surface area contributed by atoms with E-state index in [1.165, 1.54) is 0 Å². The van der Waals surface area contributed by atoms with E-state index in [1.807, 2.05) is 0 Å². The van der Waals surface area contributed by atoms with E-state index in [0.717, 1.165) is 32.1 Å². The van der Waals surface area contributed by atoms with Crippen LogP contribution in [-0.2, 0) is 4.79 Å². The van der Waals surface area contributed by atoms with E-state index in [9.17, 15) is 22.4 Å². The van der Waals surface area contributed by atoms with Gasteiger partial charge in [-0.2, -0.15) is 13.2 Å². The minimum absolute atomic E-state index is 0.0145. The number of alkyl halides is 4. The lowest BCUT2D eigenvalue weighted by Crippen LogP contribution is -2.46. The van der Waals surface area contributed by atoms with Crippen molar-refractivity contribution in [2.45, 2.75) is 70.1 Å². The summed E-state index contributed by atoms with van der Waals surface area (Å²) in [6.07, 6.45) is -0.724. The molecule has 0 amide bonds. The molecule has 0 saturated heterocycles. The SMILES string of the molecule is CCCCCCCCCC(F)(C(=O)Cl)C(F)(F)F. The molecular formula is C12H19ClF4O. The highest BCUT2D eigenvalue weighted by atomic mass is 35.5. The van der Waals surface area contributed by atoms with Gasteiger partial charge in [-0.15, -0.1) is 0 Å². The fraction of sp³-hybridized carbons (Fsp3) is 0.917. The van der Waals surface area contributed by atoms with Crippen molar-refractivity contribution in [2.24, 2.45) is 0 Å². The lowest BCUT2D eigenvalue weighted by Gasteiger charge is -2.23. The van der Waals surface area contributed by atoms with Crippen molar-refractivity contribution in [1.82, 2.24) is 0 Å². The highest BCUT2D eigenvalue weighted by Crippen LogP contribution is 2.39. The molecule has 6 heteroatoms. The Labute approximate surface area is 110 Å². The molecule has 0 fully saturated rings. The first-order valence-corrected chi connectivity index (χ1v) is 6.59. The van der Waals surface area contributed by atoms with Crippen molar-refractivity contribution in [3.8, 4) is 0 Å². The van der Waals surface area contributed by atoms with E-state index < -0.39 is 23.5 Å². The number of carbonyl (C=O) groups is 1. The molecule has 0 saturated carbocycles. The molecule has 0 bridgehead atoms. The van der Waals surface area contributed by atoms with Crippen molar-refractivity contribution < 1.29 is 22.4 Å². The van der Waals surface area contributed by atoms with Gasteiger partial charge in [0.05, 0.1) is 0 Å². The molecule has 1 atom stereocenters. The normalized spacial score (nSPS) is 15.4. The standard InChI is InChI=1S/C12H19ClF4O/c1-2-3-4-5-6-7-8-9-11(14,10(13)18)12(15,16)17/h2-9H2,1H3.